The molecule has 1 unspecified atom stereocenters. The number of pyridine rings is 1. The molecule has 132 valence electrons. The number of piperidine rings is 1. The van der Waals surface area contributed by atoms with Gasteiger partial charge in [0.15, 0.2) is 0 Å². The molecule has 7 nitrogen and oxygen atoms in total. The van der Waals surface area contributed by atoms with Gasteiger partial charge in [-0.2, -0.15) is 0 Å². The van der Waals surface area contributed by atoms with Gasteiger partial charge in [-0.05, 0) is 25.0 Å². The molecule has 1 atom stereocenters. The minimum Gasteiger partial charge on any atom is -0.362 e. The second kappa shape index (κ2) is 7.46. The van der Waals surface area contributed by atoms with E-state index in [1.54, 1.807) is 25.6 Å². The van der Waals surface area contributed by atoms with E-state index in [-0.39, 0.29) is 5.91 Å². The molecule has 25 heavy (non-hydrogen) atoms. The maximum absolute atomic E-state index is 12.1. The smallest absolute Gasteiger partial charge is 0.254 e. The first-order valence-corrected chi connectivity index (χ1v) is 8.51. The van der Waals surface area contributed by atoms with Gasteiger partial charge < -0.3 is 15.1 Å². The van der Waals surface area contributed by atoms with Gasteiger partial charge in [0, 0.05) is 58.2 Å². The van der Waals surface area contributed by atoms with Crippen LogP contribution in [0.1, 0.15) is 34.8 Å². The van der Waals surface area contributed by atoms with Crippen molar-refractivity contribution in [1.82, 2.24) is 20.3 Å². The highest BCUT2D eigenvalue weighted by Gasteiger charge is 2.25. The zero-order valence-corrected chi connectivity index (χ0v) is 14.9. The van der Waals surface area contributed by atoms with Gasteiger partial charge in [0.2, 0.25) is 0 Å². The average Bonchev–Trinajstić information content (AvgIpc) is 2.67. The molecule has 3 rings (SSSR count). The number of amides is 1. The van der Waals surface area contributed by atoms with E-state index in [1.807, 2.05) is 31.1 Å². The van der Waals surface area contributed by atoms with Crippen LogP contribution < -0.4 is 15.1 Å². The number of nitrogens with one attached hydrogen (secondary N) is 1. The summed E-state index contributed by atoms with van der Waals surface area (Å²) in [7, 11) is 5.45. The van der Waals surface area contributed by atoms with Crippen molar-refractivity contribution >= 4 is 17.5 Å². The van der Waals surface area contributed by atoms with E-state index in [4.69, 9.17) is 4.98 Å². The molecule has 7 heteroatoms. The predicted octanol–water partition coefficient (Wildman–Crippen LogP) is 1.68. The summed E-state index contributed by atoms with van der Waals surface area (Å²) >= 11 is 0. The first-order valence-electron chi connectivity index (χ1n) is 8.51. The van der Waals surface area contributed by atoms with Gasteiger partial charge in [-0.25, -0.2) is 9.97 Å². The number of nitrogens with zero attached hydrogens (tertiary/aromatic N) is 5. The monoisotopic (exact) mass is 340 g/mol. The molecule has 0 radical (unpaired) electrons. The van der Waals surface area contributed by atoms with Crippen LogP contribution in [-0.2, 0) is 0 Å². The van der Waals surface area contributed by atoms with E-state index >= 15 is 0 Å². The van der Waals surface area contributed by atoms with E-state index in [1.165, 1.54) is 0 Å². The van der Waals surface area contributed by atoms with Gasteiger partial charge in [-0.1, -0.05) is 0 Å². The number of aromatic nitrogens is 3. The van der Waals surface area contributed by atoms with Crippen LogP contribution in [0, 0.1) is 0 Å². The number of carbonyl (C=O) groups excluding carboxylic acids is 1. The Morgan fingerprint density at radius 1 is 1.32 bits per heavy atom. The number of carbonyl (C=O) groups is 1. The maximum Gasteiger partial charge on any atom is 0.254 e. The highest BCUT2D eigenvalue weighted by Crippen LogP contribution is 2.29. The van der Waals surface area contributed by atoms with Gasteiger partial charge in [-0.3, -0.25) is 9.78 Å². The van der Waals surface area contributed by atoms with Crippen molar-refractivity contribution in [2.24, 2.45) is 0 Å². The van der Waals surface area contributed by atoms with Crippen molar-refractivity contribution in [3.63, 3.8) is 0 Å². The Morgan fingerprint density at radius 3 is 2.84 bits per heavy atom. The Hall–Kier alpha value is -2.70. The lowest BCUT2D eigenvalue weighted by molar-refractivity contribution is 0.0963. The zero-order chi connectivity index (χ0) is 17.8. The molecule has 1 aliphatic rings. The fourth-order valence-corrected chi connectivity index (χ4v) is 3.22. The summed E-state index contributed by atoms with van der Waals surface area (Å²) in [4.78, 5) is 29.6. The summed E-state index contributed by atoms with van der Waals surface area (Å²) in [5.74, 6) is 1.80. The minimum atomic E-state index is -0.118. The molecule has 1 amide bonds. The summed E-state index contributed by atoms with van der Waals surface area (Å²) in [5.41, 5.74) is 1.61. The molecule has 1 fully saturated rings. The van der Waals surface area contributed by atoms with Crippen LogP contribution in [0.2, 0.25) is 0 Å². The molecule has 0 bridgehead atoms. The van der Waals surface area contributed by atoms with E-state index in [0.717, 1.165) is 37.4 Å². The van der Waals surface area contributed by atoms with Gasteiger partial charge in [0.25, 0.3) is 5.91 Å². The third-order valence-corrected chi connectivity index (χ3v) is 4.51. The zero-order valence-electron chi connectivity index (χ0n) is 14.9. The van der Waals surface area contributed by atoms with Crippen LogP contribution in [0.3, 0.4) is 0 Å². The molecule has 3 heterocycles. The molecule has 2 aromatic rings. The maximum atomic E-state index is 12.1. The van der Waals surface area contributed by atoms with Gasteiger partial charge in [0.1, 0.15) is 11.6 Å². The standard InChI is InChI=1S/C18H24N6O/c1-19-18(25)14-6-7-15(22-17(14)23(2)3)13-5-4-10-24(12-13)16-11-20-8-9-21-16/h6-9,11,13H,4-5,10,12H2,1-3H3,(H,19,25). The predicted molar refractivity (Wildman–Crippen MR) is 98.2 cm³/mol. The van der Waals surface area contributed by atoms with Crippen molar-refractivity contribution in [3.8, 4) is 0 Å². The average molecular weight is 340 g/mol. The summed E-state index contributed by atoms with van der Waals surface area (Å²) in [6.07, 6.45) is 7.37. The number of hydrogen-bond donors (Lipinski definition) is 1. The van der Waals surface area contributed by atoms with Crippen LogP contribution in [0.5, 0.6) is 0 Å². The lowest BCUT2D eigenvalue weighted by atomic mass is 9.94. The second-order valence-corrected chi connectivity index (χ2v) is 6.43. The van der Waals surface area contributed by atoms with Crippen molar-refractivity contribution in [3.05, 3.63) is 42.0 Å². The van der Waals surface area contributed by atoms with E-state index in [2.05, 4.69) is 20.2 Å². The Kier molecular flexibility index (Phi) is 5.11. The summed E-state index contributed by atoms with van der Waals surface area (Å²) in [6.45, 7) is 1.84. The Balaban J connectivity index is 1.86. The van der Waals surface area contributed by atoms with Gasteiger partial charge >= 0.3 is 0 Å². The molecular formula is C18H24N6O. The van der Waals surface area contributed by atoms with Crippen LogP contribution in [-0.4, -0.2) is 55.1 Å². The molecule has 1 aliphatic heterocycles. The van der Waals surface area contributed by atoms with E-state index in [0.29, 0.717) is 17.3 Å². The number of hydrogen-bond acceptors (Lipinski definition) is 6. The molecule has 0 saturated carbocycles. The van der Waals surface area contributed by atoms with Crippen molar-refractivity contribution in [1.29, 1.82) is 0 Å². The minimum absolute atomic E-state index is 0.118. The fraction of sp³-hybridized carbons (Fsp3) is 0.444. The van der Waals surface area contributed by atoms with E-state index in [9.17, 15) is 4.79 Å². The third kappa shape index (κ3) is 3.70. The van der Waals surface area contributed by atoms with Crippen LogP contribution >= 0.6 is 0 Å². The highest BCUT2D eigenvalue weighted by molar-refractivity contribution is 5.98. The molecule has 1 N–H and O–H groups in total. The molecule has 0 aromatic carbocycles. The second-order valence-electron chi connectivity index (χ2n) is 6.43. The molecule has 1 saturated heterocycles. The highest BCUT2D eigenvalue weighted by atomic mass is 16.1. The number of anilines is 2. The van der Waals surface area contributed by atoms with Gasteiger partial charge in [0.05, 0.1) is 11.8 Å². The molecule has 2 aromatic heterocycles. The molecule has 0 aliphatic carbocycles. The lowest BCUT2D eigenvalue weighted by Crippen LogP contribution is -2.35. The van der Waals surface area contributed by atoms with Crippen molar-refractivity contribution in [2.75, 3.05) is 44.0 Å². The van der Waals surface area contributed by atoms with Crippen molar-refractivity contribution < 1.29 is 4.79 Å². The van der Waals surface area contributed by atoms with E-state index < -0.39 is 0 Å². The number of rotatable bonds is 4. The normalized spacial score (nSPS) is 17.2. The third-order valence-electron chi connectivity index (χ3n) is 4.51. The van der Waals surface area contributed by atoms with Gasteiger partial charge in [-0.15, -0.1) is 0 Å². The Labute approximate surface area is 148 Å². The SMILES string of the molecule is CNC(=O)c1ccc(C2CCCN(c3cnccn3)C2)nc1N(C)C. The first-order chi connectivity index (χ1) is 12.1. The van der Waals surface area contributed by atoms with Crippen LogP contribution in [0.25, 0.3) is 0 Å². The fourth-order valence-electron chi connectivity index (χ4n) is 3.22. The first kappa shape index (κ1) is 17.1. The summed E-state index contributed by atoms with van der Waals surface area (Å²) in [5, 5.41) is 2.68. The summed E-state index contributed by atoms with van der Waals surface area (Å²) in [6, 6.07) is 3.85. The van der Waals surface area contributed by atoms with Crippen LogP contribution in [0.15, 0.2) is 30.7 Å². The lowest BCUT2D eigenvalue weighted by Gasteiger charge is -2.33. The van der Waals surface area contributed by atoms with Crippen LogP contribution in [0.4, 0.5) is 11.6 Å². The Bertz CT molecular complexity index is 734. The molecule has 0 spiro atoms. The topological polar surface area (TPSA) is 74.2 Å². The molecular weight excluding hydrogens is 316 g/mol. The van der Waals surface area contributed by atoms with Crippen molar-refractivity contribution in [2.45, 2.75) is 18.8 Å². The summed E-state index contributed by atoms with van der Waals surface area (Å²) < 4.78 is 0. The largest absolute Gasteiger partial charge is 0.362 e. The quantitative estimate of drug-likeness (QED) is 0.913. The Morgan fingerprint density at radius 2 is 2.16 bits per heavy atom.